The number of fused-ring (bicyclic) bond motifs is 1. The number of hydrogen-bond donors (Lipinski definition) is 2. The summed E-state index contributed by atoms with van der Waals surface area (Å²) in [4.78, 5) is 0. The van der Waals surface area contributed by atoms with E-state index in [4.69, 9.17) is 0 Å². The van der Waals surface area contributed by atoms with E-state index in [1.807, 2.05) is 0 Å². The van der Waals surface area contributed by atoms with Gasteiger partial charge in [-0.2, -0.15) is 0 Å². The third-order valence-corrected chi connectivity index (χ3v) is 8.09. The summed E-state index contributed by atoms with van der Waals surface area (Å²) in [6, 6.07) is 0. The molecule has 3 aliphatic carbocycles. The molecule has 6 atom stereocenters. The van der Waals surface area contributed by atoms with Gasteiger partial charge in [-0.25, -0.2) is 0 Å². The Morgan fingerprint density at radius 3 is 2.48 bits per heavy atom. The Balaban J connectivity index is 1.77. The van der Waals surface area contributed by atoms with Crippen molar-refractivity contribution in [1.82, 2.24) is 0 Å². The summed E-state index contributed by atoms with van der Waals surface area (Å²) in [6.07, 6.45) is 15.3. The lowest BCUT2D eigenvalue weighted by Gasteiger charge is -2.45. The molecule has 3 aliphatic rings. The molecule has 0 aliphatic heterocycles. The quantitative estimate of drug-likeness (QED) is 0.585. The van der Waals surface area contributed by atoms with Gasteiger partial charge in [-0.3, -0.25) is 0 Å². The van der Waals surface area contributed by atoms with Gasteiger partial charge in [0.2, 0.25) is 0 Å². The van der Waals surface area contributed by atoms with Crippen LogP contribution in [0.15, 0.2) is 35.5 Å². The van der Waals surface area contributed by atoms with E-state index in [1.54, 1.807) is 5.57 Å². The summed E-state index contributed by atoms with van der Waals surface area (Å²) in [5.74, 6) is 2.50. The zero-order chi connectivity index (χ0) is 19.6. The molecule has 2 heteroatoms. The third kappa shape index (κ3) is 4.12. The largest absolute Gasteiger partial charge is 0.388 e. The Morgan fingerprint density at radius 1 is 1.15 bits per heavy atom. The normalized spacial score (nSPS) is 39.5. The van der Waals surface area contributed by atoms with Crippen LogP contribution in [-0.2, 0) is 0 Å². The summed E-state index contributed by atoms with van der Waals surface area (Å²) < 4.78 is 0. The lowest BCUT2D eigenvalue weighted by Crippen LogP contribution is -2.36. The number of aliphatic hydroxyl groups excluding tert-OH is 2. The molecule has 0 unspecified atom stereocenters. The maximum atomic E-state index is 10.1. The number of aliphatic hydroxyl groups is 2. The van der Waals surface area contributed by atoms with Crippen molar-refractivity contribution in [2.24, 2.45) is 23.2 Å². The Hall–Kier alpha value is -0.860. The molecule has 3 rings (SSSR count). The molecule has 0 amide bonds. The summed E-state index contributed by atoms with van der Waals surface area (Å²) in [5, 5.41) is 20.2. The van der Waals surface area contributed by atoms with Crippen LogP contribution in [0.1, 0.15) is 85.0 Å². The van der Waals surface area contributed by atoms with Gasteiger partial charge in [-0.1, -0.05) is 69.9 Å². The SMILES string of the molecule is C=C1[C@H](O)CC(=C/C=C2\CCC[C@]3(C)[C@@H]([C@@H](CC)CCC)CC[C@@H]23)C[C@H]1O. The fourth-order valence-electron chi connectivity index (χ4n) is 6.54. The highest BCUT2D eigenvalue weighted by Crippen LogP contribution is 2.60. The van der Waals surface area contributed by atoms with Crippen LogP contribution < -0.4 is 0 Å². The highest BCUT2D eigenvalue weighted by molar-refractivity contribution is 5.29. The highest BCUT2D eigenvalue weighted by Gasteiger charge is 2.50. The predicted molar refractivity (Wildman–Crippen MR) is 113 cm³/mol. The molecule has 2 N–H and O–H groups in total. The van der Waals surface area contributed by atoms with Crippen LogP contribution in [0.3, 0.4) is 0 Å². The topological polar surface area (TPSA) is 40.5 Å². The van der Waals surface area contributed by atoms with Crippen molar-refractivity contribution in [1.29, 1.82) is 0 Å². The summed E-state index contributed by atoms with van der Waals surface area (Å²) in [7, 11) is 0. The van der Waals surface area contributed by atoms with Gasteiger partial charge in [-0.05, 0) is 73.7 Å². The van der Waals surface area contributed by atoms with E-state index >= 15 is 0 Å². The van der Waals surface area contributed by atoms with Gasteiger partial charge in [0.15, 0.2) is 0 Å². The monoisotopic (exact) mass is 372 g/mol. The Kier molecular flexibility index (Phi) is 6.69. The van der Waals surface area contributed by atoms with E-state index in [0.717, 1.165) is 23.3 Å². The van der Waals surface area contributed by atoms with Crippen LogP contribution in [0.4, 0.5) is 0 Å². The molecule has 0 heterocycles. The van der Waals surface area contributed by atoms with E-state index in [-0.39, 0.29) is 0 Å². The van der Waals surface area contributed by atoms with Gasteiger partial charge in [0, 0.05) is 0 Å². The van der Waals surface area contributed by atoms with Crippen molar-refractivity contribution >= 4 is 0 Å². The molecule has 152 valence electrons. The first kappa shape index (κ1) is 20.9. The van der Waals surface area contributed by atoms with Crippen molar-refractivity contribution in [3.8, 4) is 0 Å². The number of rotatable bonds is 5. The number of allylic oxidation sites excluding steroid dienone is 3. The minimum absolute atomic E-state index is 0.471. The van der Waals surface area contributed by atoms with Crippen LogP contribution in [0, 0.1) is 23.2 Å². The van der Waals surface area contributed by atoms with Crippen molar-refractivity contribution in [3.05, 3.63) is 35.5 Å². The minimum atomic E-state index is -0.592. The van der Waals surface area contributed by atoms with Gasteiger partial charge in [0.25, 0.3) is 0 Å². The zero-order valence-electron chi connectivity index (χ0n) is 17.7. The first-order valence-corrected chi connectivity index (χ1v) is 11.3. The molecule has 2 nitrogen and oxygen atoms in total. The molecule has 3 saturated carbocycles. The van der Waals surface area contributed by atoms with Crippen LogP contribution >= 0.6 is 0 Å². The standard InChI is InChI=1S/C25H40O2/c1-5-8-19(6-2)21-12-13-22-20(9-7-14-25(21,22)4)11-10-18-15-23(26)17(3)24(27)16-18/h10-11,19,21-24,26-27H,3,5-9,12-16H2,1-2,4H3/b20-11+/t19-,21+,22-,23+,24+,25+/m0/s1. The van der Waals surface area contributed by atoms with Crippen LogP contribution in [0.25, 0.3) is 0 Å². The average Bonchev–Trinajstić information content (AvgIpc) is 2.99. The molecule has 27 heavy (non-hydrogen) atoms. The van der Waals surface area contributed by atoms with Gasteiger partial charge in [0.05, 0.1) is 12.2 Å². The molecule has 0 aromatic heterocycles. The molecular formula is C25H40O2. The third-order valence-electron chi connectivity index (χ3n) is 8.09. The van der Waals surface area contributed by atoms with Gasteiger partial charge in [0.1, 0.15) is 0 Å². The van der Waals surface area contributed by atoms with Crippen LogP contribution in [0.2, 0.25) is 0 Å². The van der Waals surface area contributed by atoms with Gasteiger partial charge in [-0.15, -0.1) is 0 Å². The number of hydrogen-bond acceptors (Lipinski definition) is 2. The molecule has 3 fully saturated rings. The summed E-state index contributed by atoms with van der Waals surface area (Å²) in [5.41, 5.74) is 3.83. The Labute approximate surface area is 166 Å². The Bertz CT molecular complexity index is 585. The van der Waals surface area contributed by atoms with Gasteiger partial charge < -0.3 is 10.2 Å². The van der Waals surface area contributed by atoms with E-state index in [9.17, 15) is 10.2 Å². The average molecular weight is 373 g/mol. The lowest BCUT2D eigenvalue weighted by molar-refractivity contribution is 0.0853. The molecule has 0 radical (unpaired) electrons. The fraction of sp³-hybridized carbons (Fsp3) is 0.760. The van der Waals surface area contributed by atoms with Crippen molar-refractivity contribution in [3.63, 3.8) is 0 Å². The zero-order valence-corrected chi connectivity index (χ0v) is 17.7. The van der Waals surface area contributed by atoms with Crippen molar-refractivity contribution in [2.45, 2.75) is 97.2 Å². The molecule has 0 spiro atoms. The Morgan fingerprint density at radius 2 is 1.85 bits per heavy atom. The molecule has 0 saturated heterocycles. The lowest BCUT2D eigenvalue weighted by atomic mass is 9.60. The maximum Gasteiger partial charge on any atom is 0.0809 e. The first-order valence-electron chi connectivity index (χ1n) is 11.3. The van der Waals surface area contributed by atoms with Crippen LogP contribution in [-0.4, -0.2) is 22.4 Å². The fourth-order valence-corrected chi connectivity index (χ4v) is 6.54. The first-order chi connectivity index (χ1) is 12.9. The van der Waals surface area contributed by atoms with Gasteiger partial charge >= 0.3 is 0 Å². The highest BCUT2D eigenvalue weighted by atomic mass is 16.3. The second kappa shape index (κ2) is 8.66. The molecule has 0 aromatic rings. The van der Waals surface area contributed by atoms with E-state index in [0.29, 0.717) is 23.8 Å². The smallest absolute Gasteiger partial charge is 0.0809 e. The maximum absolute atomic E-state index is 10.1. The summed E-state index contributed by atoms with van der Waals surface area (Å²) >= 11 is 0. The van der Waals surface area contributed by atoms with Crippen molar-refractivity contribution < 1.29 is 10.2 Å². The van der Waals surface area contributed by atoms with E-state index in [2.05, 4.69) is 39.5 Å². The predicted octanol–water partition coefficient (Wildman–Crippen LogP) is 5.95. The molecule has 0 aromatic carbocycles. The molecular weight excluding hydrogens is 332 g/mol. The molecule has 0 bridgehead atoms. The second-order valence-corrected chi connectivity index (χ2v) is 9.63. The van der Waals surface area contributed by atoms with E-state index < -0.39 is 12.2 Å². The van der Waals surface area contributed by atoms with E-state index in [1.165, 1.54) is 51.4 Å². The second-order valence-electron chi connectivity index (χ2n) is 9.63. The van der Waals surface area contributed by atoms with Crippen LogP contribution in [0.5, 0.6) is 0 Å². The van der Waals surface area contributed by atoms with Crippen molar-refractivity contribution in [2.75, 3.05) is 0 Å². The minimum Gasteiger partial charge on any atom is -0.388 e. The summed E-state index contributed by atoms with van der Waals surface area (Å²) in [6.45, 7) is 11.1.